The quantitative estimate of drug-likeness (QED) is 0.570. The van der Waals surface area contributed by atoms with Crippen molar-refractivity contribution in [1.82, 2.24) is 9.80 Å². The van der Waals surface area contributed by atoms with Crippen LogP contribution in [0.5, 0.6) is 11.5 Å². The first kappa shape index (κ1) is 22.2. The third-order valence-corrected chi connectivity index (χ3v) is 6.01. The minimum absolute atomic E-state index is 0.183. The molecule has 2 aliphatic rings. The molecule has 0 radical (unpaired) electrons. The number of methoxy groups -OCH3 is 1. The smallest absolute Gasteiger partial charge is 0.341 e. The number of thioether (sulfide) groups is 1. The van der Waals surface area contributed by atoms with Crippen LogP contribution >= 0.6 is 27.7 Å². The summed E-state index contributed by atoms with van der Waals surface area (Å²) < 4.78 is 10.9. The van der Waals surface area contributed by atoms with Crippen LogP contribution in [-0.2, 0) is 14.4 Å². The zero-order valence-corrected chi connectivity index (χ0v) is 18.5. The van der Waals surface area contributed by atoms with Crippen molar-refractivity contribution >= 4 is 56.8 Å². The summed E-state index contributed by atoms with van der Waals surface area (Å²) in [5, 5.41) is 8.30. The Morgan fingerprint density at radius 1 is 1.27 bits per heavy atom. The highest BCUT2D eigenvalue weighted by atomic mass is 79.9. The number of benzene rings is 1. The number of imide groups is 1. The van der Waals surface area contributed by atoms with Gasteiger partial charge in [-0.25, -0.2) is 4.79 Å². The summed E-state index contributed by atoms with van der Waals surface area (Å²) in [6.45, 7) is 0.485. The van der Waals surface area contributed by atoms with E-state index in [4.69, 9.17) is 14.6 Å². The summed E-state index contributed by atoms with van der Waals surface area (Å²) in [6, 6.07) is 3.17. The monoisotopic (exact) mass is 498 g/mol. The van der Waals surface area contributed by atoms with Crippen LogP contribution in [0.2, 0.25) is 0 Å². The van der Waals surface area contributed by atoms with Crippen molar-refractivity contribution in [3.63, 3.8) is 0 Å². The van der Waals surface area contributed by atoms with E-state index >= 15 is 0 Å². The fourth-order valence-electron chi connectivity index (χ4n) is 3.09. The van der Waals surface area contributed by atoms with Crippen LogP contribution in [-0.4, -0.2) is 71.3 Å². The van der Waals surface area contributed by atoms with Gasteiger partial charge in [0.15, 0.2) is 18.1 Å². The number of carboxylic acid groups (broad SMARTS) is 1. The second kappa shape index (κ2) is 9.52. The van der Waals surface area contributed by atoms with E-state index in [1.54, 1.807) is 17.0 Å². The first-order valence-electron chi connectivity index (χ1n) is 9.05. The van der Waals surface area contributed by atoms with Crippen LogP contribution in [0, 0.1) is 0 Å². The van der Waals surface area contributed by atoms with Gasteiger partial charge >= 0.3 is 5.97 Å². The van der Waals surface area contributed by atoms with Crippen LogP contribution in [0.1, 0.15) is 18.4 Å². The summed E-state index contributed by atoms with van der Waals surface area (Å²) in [7, 11) is 1.40. The molecule has 160 valence electrons. The number of halogens is 1. The number of carboxylic acids is 1. The molecule has 3 rings (SSSR count). The third-order valence-electron chi connectivity index (χ3n) is 4.52. The predicted octanol–water partition coefficient (Wildman–Crippen LogP) is 2.58. The number of rotatable bonds is 7. The molecule has 0 atom stereocenters. The van der Waals surface area contributed by atoms with Crippen molar-refractivity contribution in [3.8, 4) is 11.5 Å². The van der Waals surface area contributed by atoms with Crippen LogP contribution in [0.3, 0.4) is 0 Å². The Hall–Kier alpha value is -2.53. The molecule has 0 aliphatic carbocycles. The largest absolute Gasteiger partial charge is 0.493 e. The molecule has 2 aliphatic heterocycles. The number of hydrogen-bond acceptors (Lipinski definition) is 7. The zero-order chi connectivity index (χ0) is 21.8. The van der Waals surface area contributed by atoms with Crippen LogP contribution in [0.25, 0.3) is 6.08 Å². The van der Waals surface area contributed by atoms with Crippen molar-refractivity contribution in [2.75, 3.05) is 33.4 Å². The molecule has 30 heavy (non-hydrogen) atoms. The Morgan fingerprint density at radius 2 is 1.97 bits per heavy atom. The number of likely N-dealkylation sites (tertiary alicyclic amines) is 1. The van der Waals surface area contributed by atoms with Gasteiger partial charge in [0, 0.05) is 13.1 Å². The van der Waals surface area contributed by atoms with Crippen molar-refractivity contribution < 1.29 is 33.8 Å². The normalized spacial score (nSPS) is 17.7. The van der Waals surface area contributed by atoms with Gasteiger partial charge in [-0.3, -0.25) is 19.3 Å². The van der Waals surface area contributed by atoms with Gasteiger partial charge in [0.2, 0.25) is 5.91 Å². The summed E-state index contributed by atoms with van der Waals surface area (Å²) in [6.07, 6.45) is 3.37. The van der Waals surface area contributed by atoms with Crippen LogP contribution < -0.4 is 9.47 Å². The lowest BCUT2D eigenvalue weighted by Gasteiger charge is -2.18. The zero-order valence-electron chi connectivity index (χ0n) is 16.1. The Labute approximate surface area is 185 Å². The molecule has 2 saturated heterocycles. The highest BCUT2D eigenvalue weighted by Crippen LogP contribution is 2.39. The van der Waals surface area contributed by atoms with Crippen molar-refractivity contribution in [1.29, 1.82) is 0 Å². The van der Waals surface area contributed by atoms with Gasteiger partial charge in [0.1, 0.15) is 6.54 Å². The molecule has 3 amide bonds. The number of ether oxygens (including phenoxy) is 2. The van der Waals surface area contributed by atoms with E-state index < -0.39 is 23.7 Å². The Morgan fingerprint density at radius 3 is 2.60 bits per heavy atom. The molecule has 1 aromatic rings. The Bertz CT molecular complexity index is 928. The van der Waals surface area contributed by atoms with Crippen molar-refractivity contribution in [2.45, 2.75) is 12.8 Å². The lowest BCUT2D eigenvalue weighted by Crippen LogP contribution is -2.40. The van der Waals surface area contributed by atoms with Gasteiger partial charge in [-0.1, -0.05) is 0 Å². The number of aliphatic carboxylic acids is 1. The Balaban J connectivity index is 1.78. The highest BCUT2D eigenvalue weighted by molar-refractivity contribution is 9.10. The number of amides is 3. The molecule has 0 spiro atoms. The van der Waals surface area contributed by atoms with Gasteiger partial charge in [0.25, 0.3) is 11.1 Å². The average molecular weight is 499 g/mol. The summed E-state index contributed by atoms with van der Waals surface area (Å²) in [5.74, 6) is -1.42. The maximum Gasteiger partial charge on any atom is 0.341 e. The minimum atomic E-state index is -1.13. The molecular weight excluding hydrogens is 480 g/mol. The van der Waals surface area contributed by atoms with Crippen molar-refractivity contribution in [3.05, 3.63) is 27.1 Å². The van der Waals surface area contributed by atoms with E-state index in [1.165, 1.54) is 13.2 Å². The summed E-state index contributed by atoms with van der Waals surface area (Å²) >= 11 is 4.06. The molecule has 2 fully saturated rings. The van der Waals surface area contributed by atoms with Crippen LogP contribution in [0.15, 0.2) is 21.5 Å². The molecule has 0 saturated carbocycles. The predicted molar refractivity (Wildman–Crippen MR) is 112 cm³/mol. The van der Waals surface area contributed by atoms with E-state index in [0.29, 0.717) is 23.1 Å². The molecule has 9 nitrogen and oxygen atoms in total. The maximum absolute atomic E-state index is 12.7. The number of hydrogen-bond donors (Lipinski definition) is 1. The molecule has 1 N–H and O–H groups in total. The van der Waals surface area contributed by atoms with Gasteiger partial charge in [0.05, 0.1) is 16.5 Å². The third kappa shape index (κ3) is 4.96. The SMILES string of the molecule is COc1cc(/C=C2\SC(=O)N(CC(=O)N3CCCC3)C2=O)cc(Br)c1OCC(=O)O. The first-order chi connectivity index (χ1) is 14.3. The van der Waals surface area contributed by atoms with E-state index in [1.807, 2.05) is 0 Å². The Kier molecular flexibility index (Phi) is 7.03. The van der Waals surface area contributed by atoms with Crippen LogP contribution in [0.4, 0.5) is 4.79 Å². The van der Waals surface area contributed by atoms with Gasteiger partial charge in [-0.05, 0) is 64.3 Å². The molecule has 0 unspecified atom stereocenters. The standard InChI is InChI=1S/C19H19BrN2O7S/c1-28-13-7-11(6-12(20)17(13)29-10-16(24)25)8-14-18(26)22(19(27)30-14)9-15(23)21-4-2-3-5-21/h6-8H,2-5,9-10H2,1H3,(H,24,25)/b14-8-. The van der Waals surface area contributed by atoms with Crippen molar-refractivity contribution in [2.24, 2.45) is 0 Å². The molecule has 2 heterocycles. The first-order valence-corrected chi connectivity index (χ1v) is 10.7. The second-order valence-corrected chi connectivity index (χ2v) is 8.42. The maximum atomic E-state index is 12.7. The van der Waals surface area contributed by atoms with E-state index in [2.05, 4.69) is 15.9 Å². The van der Waals surface area contributed by atoms with Gasteiger partial charge < -0.3 is 19.5 Å². The van der Waals surface area contributed by atoms with E-state index in [-0.39, 0.29) is 28.9 Å². The second-order valence-electron chi connectivity index (χ2n) is 6.57. The lowest BCUT2D eigenvalue weighted by molar-refractivity contribution is -0.139. The van der Waals surface area contributed by atoms with E-state index in [9.17, 15) is 19.2 Å². The van der Waals surface area contributed by atoms with Gasteiger partial charge in [-0.15, -0.1) is 0 Å². The molecule has 0 bridgehead atoms. The molecular formula is C19H19BrN2O7S. The highest BCUT2D eigenvalue weighted by Gasteiger charge is 2.37. The average Bonchev–Trinajstić information content (AvgIpc) is 3.31. The number of nitrogens with zero attached hydrogens (tertiary/aromatic N) is 2. The fourth-order valence-corrected chi connectivity index (χ4v) is 4.50. The summed E-state index contributed by atoms with van der Waals surface area (Å²) in [5.41, 5.74) is 0.540. The van der Waals surface area contributed by atoms with E-state index in [0.717, 1.165) is 29.5 Å². The topological polar surface area (TPSA) is 113 Å². The fraction of sp³-hybridized carbons (Fsp3) is 0.368. The molecule has 0 aromatic heterocycles. The number of carbonyl (C=O) groups is 4. The summed E-state index contributed by atoms with van der Waals surface area (Å²) in [4.78, 5) is 50.8. The minimum Gasteiger partial charge on any atom is -0.493 e. The van der Waals surface area contributed by atoms with Gasteiger partial charge in [-0.2, -0.15) is 0 Å². The molecule has 1 aromatic carbocycles. The number of carbonyl (C=O) groups excluding carboxylic acids is 3. The molecule has 11 heteroatoms. The lowest BCUT2D eigenvalue weighted by atomic mass is 10.2.